The molecule has 0 nitrogen and oxygen atoms in total. The average Bonchev–Trinajstić information content (AvgIpc) is 3.51. The van der Waals surface area contributed by atoms with Crippen molar-refractivity contribution in [3.8, 4) is 11.1 Å². The first-order chi connectivity index (χ1) is 16.7. The minimum absolute atomic E-state index is 0. The van der Waals surface area contributed by atoms with Gasteiger partial charge in [0.1, 0.15) is 0 Å². The van der Waals surface area contributed by atoms with E-state index in [1.165, 1.54) is 27.8 Å². The summed E-state index contributed by atoms with van der Waals surface area (Å²) >= 11 is -2.30. The van der Waals surface area contributed by atoms with Crippen LogP contribution in [0.4, 0.5) is 0 Å². The van der Waals surface area contributed by atoms with Gasteiger partial charge in [0.05, 0.1) is 0 Å². The van der Waals surface area contributed by atoms with E-state index in [0.29, 0.717) is 3.63 Å². The molecule has 0 heterocycles. The quantitative estimate of drug-likeness (QED) is 0.251. The maximum Gasteiger partial charge on any atom is -1.00 e. The van der Waals surface area contributed by atoms with Crippen LogP contribution in [0.1, 0.15) is 22.3 Å². The molecule has 4 heteroatoms. The molecule has 178 valence electrons. The molecule has 0 spiro atoms. The van der Waals surface area contributed by atoms with Crippen molar-refractivity contribution in [1.82, 2.24) is 0 Å². The number of halogens is 2. The third-order valence-electron chi connectivity index (χ3n) is 7.11. The molecular formula is C32H28Cl2SiZr. The molecule has 4 aromatic carbocycles. The maximum atomic E-state index is 2.51. The first kappa shape index (κ1) is 27.1. The van der Waals surface area contributed by atoms with E-state index in [-0.39, 0.29) is 24.8 Å². The van der Waals surface area contributed by atoms with Crippen molar-refractivity contribution < 1.29 is 45.2 Å². The molecule has 2 aliphatic carbocycles. The van der Waals surface area contributed by atoms with Crippen LogP contribution in [0.2, 0.25) is 3.63 Å². The molecule has 0 bridgehead atoms. The van der Waals surface area contributed by atoms with Crippen molar-refractivity contribution in [2.24, 2.45) is 0 Å². The zero-order valence-corrected chi connectivity index (χ0v) is 25.5. The van der Waals surface area contributed by atoms with Crippen LogP contribution in [-0.2, 0) is 26.8 Å². The van der Waals surface area contributed by atoms with Gasteiger partial charge in [-0.25, -0.2) is 0 Å². The van der Waals surface area contributed by atoms with E-state index in [2.05, 4.69) is 129 Å². The minimum Gasteiger partial charge on any atom is -1.00 e. The largest absolute Gasteiger partial charge is 1.00 e. The standard InChI is InChI=1S/C14H14Si.C13H9.C5H5.2ClH.Zr/c1-11-5-3-7-13(9-11)15-14-8-4-6-12(2)10-14;1-3-7-12-10(5-1)9-11-6-2-4-8-13(11)12;1-2-4-5-3-1;;;/h3-10H,1-2H3;1-5,7-8H,9H2;1-5H;2*1H;/q;;;;;+2/p-2. The molecule has 0 aliphatic heterocycles. The number of rotatable bonds is 4. The van der Waals surface area contributed by atoms with E-state index in [1.807, 2.05) is 0 Å². The summed E-state index contributed by atoms with van der Waals surface area (Å²) in [5.41, 5.74) is 7.85. The van der Waals surface area contributed by atoms with Gasteiger partial charge in [0, 0.05) is 0 Å². The Labute approximate surface area is 235 Å². The molecule has 0 atom stereocenters. The van der Waals surface area contributed by atoms with Crippen LogP contribution in [0, 0.1) is 13.8 Å². The Kier molecular flexibility index (Phi) is 8.74. The van der Waals surface area contributed by atoms with Gasteiger partial charge in [-0.1, -0.05) is 0 Å². The van der Waals surface area contributed by atoms with Crippen LogP contribution in [0.25, 0.3) is 11.1 Å². The molecule has 0 fully saturated rings. The van der Waals surface area contributed by atoms with Gasteiger partial charge >= 0.3 is 212 Å². The van der Waals surface area contributed by atoms with E-state index in [1.54, 1.807) is 19.2 Å². The van der Waals surface area contributed by atoms with Crippen LogP contribution >= 0.6 is 0 Å². The van der Waals surface area contributed by atoms with Crippen LogP contribution in [0.5, 0.6) is 0 Å². The first-order valence-corrected chi connectivity index (χ1v) is 20.0. The van der Waals surface area contributed by atoms with Gasteiger partial charge in [-0.15, -0.1) is 0 Å². The monoisotopic (exact) mass is 600 g/mol. The molecule has 4 aromatic rings. The number of benzene rings is 4. The second-order valence-electron chi connectivity index (χ2n) is 9.49. The van der Waals surface area contributed by atoms with E-state index in [0.717, 1.165) is 6.42 Å². The predicted octanol–water partition coefficient (Wildman–Crippen LogP) is -0.153. The molecule has 0 saturated carbocycles. The fourth-order valence-corrected chi connectivity index (χ4v) is 26.7. The van der Waals surface area contributed by atoms with Crippen molar-refractivity contribution in [3.05, 3.63) is 138 Å². The molecule has 36 heavy (non-hydrogen) atoms. The maximum absolute atomic E-state index is 2.51. The van der Waals surface area contributed by atoms with Crippen molar-refractivity contribution in [3.63, 3.8) is 0 Å². The molecule has 6 rings (SSSR count). The summed E-state index contributed by atoms with van der Waals surface area (Å²) in [6.45, 7) is 4.49. The summed E-state index contributed by atoms with van der Waals surface area (Å²) in [5, 5.41) is 3.18. The molecular weight excluding hydrogens is 575 g/mol. The van der Waals surface area contributed by atoms with Gasteiger partial charge in [0.25, 0.3) is 0 Å². The van der Waals surface area contributed by atoms with Crippen molar-refractivity contribution >= 4 is 19.1 Å². The third-order valence-corrected chi connectivity index (χ3v) is 26.4. The van der Waals surface area contributed by atoms with Crippen LogP contribution in [0.15, 0.2) is 115 Å². The number of fused-ring (bicyclic) bond motifs is 3. The summed E-state index contributed by atoms with van der Waals surface area (Å²) in [6.07, 6.45) is 10.7. The molecule has 0 amide bonds. The van der Waals surface area contributed by atoms with Crippen molar-refractivity contribution in [1.29, 1.82) is 0 Å². The van der Waals surface area contributed by atoms with Crippen LogP contribution < -0.4 is 38.5 Å². The molecule has 0 N–H and O–H groups in total. The number of hydrogen-bond acceptors (Lipinski definition) is 0. The summed E-state index contributed by atoms with van der Waals surface area (Å²) in [5.74, 6) is 0. The predicted molar refractivity (Wildman–Crippen MR) is 144 cm³/mol. The second-order valence-corrected chi connectivity index (χ2v) is 23.3. The van der Waals surface area contributed by atoms with E-state index >= 15 is 0 Å². The van der Waals surface area contributed by atoms with Crippen molar-refractivity contribution in [2.45, 2.75) is 23.9 Å². The van der Waals surface area contributed by atoms with Crippen LogP contribution in [-0.4, -0.2) is 5.43 Å². The van der Waals surface area contributed by atoms with Crippen LogP contribution in [0.3, 0.4) is 0 Å². The normalized spacial score (nSPS) is 12.7. The van der Waals surface area contributed by atoms with Crippen molar-refractivity contribution in [2.75, 3.05) is 0 Å². The Balaban J connectivity index is 0.00000152. The van der Waals surface area contributed by atoms with Gasteiger partial charge in [0.15, 0.2) is 0 Å². The summed E-state index contributed by atoms with van der Waals surface area (Å²) in [6, 6.07) is 35.1. The van der Waals surface area contributed by atoms with Gasteiger partial charge in [-0.05, 0) is 0 Å². The number of hydrogen-bond donors (Lipinski definition) is 0. The molecule has 0 radical (unpaired) electrons. The number of aryl methyl sites for hydroxylation is 2. The molecule has 0 unspecified atom stereocenters. The topological polar surface area (TPSA) is 0 Å². The van der Waals surface area contributed by atoms with Gasteiger partial charge in [-0.2, -0.15) is 0 Å². The van der Waals surface area contributed by atoms with Gasteiger partial charge < -0.3 is 24.8 Å². The number of allylic oxidation sites excluding steroid dienone is 4. The first-order valence-electron chi connectivity index (χ1n) is 12.1. The third kappa shape index (κ3) is 5.07. The Hall–Kier alpha value is -1.96. The Morgan fingerprint density at radius 2 is 1.25 bits per heavy atom. The smallest absolute Gasteiger partial charge is 1.00 e. The fraction of sp³-hybridized carbons (Fsp3) is 0.125. The summed E-state index contributed by atoms with van der Waals surface area (Å²) in [4.78, 5) is 0. The minimum atomic E-state index is -2.30. The second kappa shape index (κ2) is 11.6. The molecule has 0 saturated heterocycles. The Bertz CT molecular complexity index is 1460. The molecule has 2 aliphatic rings. The van der Waals surface area contributed by atoms with E-state index in [4.69, 9.17) is 0 Å². The van der Waals surface area contributed by atoms with E-state index < -0.39 is 25.8 Å². The van der Waals surface area contributed by atoms with E-state index in [9.17, 15) is 0 Å². The Morgan fingerprint density at radius 1 is 0.667 bits per heavy atom. The summed E-state index contributed by atoms with van der Waals surface area (Å²) < 4.78 is 2.33. The zero-order chi connectivity index (χ0) is 23.1. The SMILES string of the molecule is Cc1cccc([Si](c2cccc(C)c2)=[Zr+2]([c]2cccc3c2Cc2ccccc2-3)[CH]2C=CC=C2)c1.[Cl-].[Cl-]. The fourth-order valence-electron chi connectivity index (χ4n) is 5.59. The van der Waals surface area contributed by atoms with Gasteiger partial charge in [0.2, 0.25) is 0 Å². The average molecular weight is 603 g/mol. The van der Waals surface area contributed by atoms with Gasteiger partial charge in [-0.3, -0.25) is 0 Å². The zero-order valence-electron chi connectivity index (χ0n) is 20.5. The molecule has 0 aromatic heterocycles. The summed E-state index contributed by atoms with van der Waals surface area (Å²) in [7, 11) is 0. The Morgan fingerprint density at radius 3 is 1.89 bits per heavy atom.